The number of nitrogens with one attached hydrogen (secondary N) is 1. The summed E-state index contributed by atoms with van der Waals surface area (Å²) in [6.07, 6.45) is 1.30. The van der Waals surface area contributed by atoms with Gasteiger partial charge in [-0.2, -0.15) is 0 Å². The number of para-hydroxylation sites is 2. The molecule has 4 nitrogen and oxygen atoms in total. The quantitative estimate of drug-likeness (QED) is 0.322. The van der Waals surface area contributed by atoms with Gasteiger partial charge >= 0.3 is 0 Å². The molecule has 0 radical (unpaired) electrons. The van der Waals surface area contributed by atoms with Crippen LogP contribution in [0.4, 0.5) is 11.4 Å². The number of Topliss-reactive ketones (excluding diaryl/α,β-unsaturated/α-hetero) is 1. The van der Waals surface area contributed by atoms with Gasteiger partial charge in [-0.05, 0) is 53.3 Å². The van der Waals surface area contributed by atoms with E-state index in [9.17, 15) is 4.79 Å². The molecule has 0 bridgehead atoms. The molecule has 4 aromatic carbocycles. The van der Waals surface area contributed by atoms with E-state index < -0.39 is 0 Å². The van der Waals surface area contributed by atoms with Gasteiger partial charge in [-0.3, -0.25) is 4.79 Å². The van der Waals surface area contributed by atoms with Gasteiger partial charge in [0.2, 0.25) is 0 Å². The van der Waals surface area contributed by atoms with Crippen LogP contribution in [0, 0.1) is 0 Å². The third kappa shape index (κ3) is 4.51. The van der Waals surface area contributed by atoms with Gasteiger partial charge in [0.05, 0.1) is 24.5 Å². The minimum atomic E-state index is -0.221. The number of ketones is 1. The van der Waals surface area contributed by atoms with E-state index in [0.29, 0.717) is 13.0 Å². The van der Waals surface area contributed by atoms with E-state index in [4.69, 9.17) is 4.74 Å². The molecule has 0 fully saturated rings. The first-order valence-electron chi connectivity index (χ1n) is 12.8. The maximum Gasteiger partial charge on any atom is 0.163 e. The summed E-state index contributed by atoms with van der Waals surface area (Å²) in [7, 11) is 1.68. The minimum absolute atomic E-state index is 0.157. The highest BCUT2D eigenvalue weighted by molar-refractivity contribution is 6.01. The lowest BCUT2D eigenvalue weighted by Gasteiger charge is -2.36. The van der Waals surface area contributed by atoms with E-state index >= 15 is 0 Å². The highest BCUT2D eigenvalue weighted by Gasteiger charge is 2.39. The van der Waals surface area contributed by atoms with Crippen LogP contribution in [-0.4, -0.2) is 12.9 Å². The van der Waals surface area contributed by atoms with Crippen LogP contribution >= 0.6 is 0 Å². The van der Waals surface area contributed by atoms with Gasteiger partial charge in [0.15, 0.2) is 5.78 Å². The van der Waals surface area contributed by atoms with E-state index in [1.54, 1.807) is 7.11 Å². The van der Waals surface area contributed by atoms with Crippen LogP contribution in [0.1, 0.15) is 41.5 Å². The van der Waals surface area contributed by atoms with E-state index in [2.05, 4.69) is 95.1 Å². The number of hydrogen-bond acceptors (Lipinski definition) is 4. The molecule has 2 atom stereocenters. The standard InChI is InChI=1S/C33H30N2O2/c1-37-27-18-16-25(17-19-27)33-32-29(20-26(21-31(32)36)24-12-6-3-7-13-24)34-28-14-8-9-15-30(28)35(33)22-23-10-4-2-5-11-23/h2-19,26,33-34H,20-22H2,1H3/t26-,33-/m1/s1. The first kappa shape index (κ1) is 23.1. The monoisotopic (exact) mass is 486 g/mol. The minimum Gasteiger partial charge on any atom is -0.497 e. The Labute approximate surface area is 218 Å². The Morgan fingerprint density at radius 2 is 1.46 bits per heavy atom. The number of allylic oxidation sites excluding steroid dienone is 1. The number of ether oxygens (including phenoxy) is 1. The van der Waals surface area contributed by atoms with Crippen molar-refractivity contribution in [1.82, 2.24) is 0 Å². The summed E-state index contributed by atoms with van der Waals surface area (Å²) in [5, 5.41) is 3.72. The van der Waals surface area contributed by atoms with Crippen molar-refractivity contribution in [3.63, 3.8) is 0 Å². The van der Waals surface area contributed by atoms with Crippen LogP contribution in [-0.2, 0) is 11.3 Å². The first-order chi connectivity index (χ1) is 18.2. The molecule has 2 aliphatic rings. The number of methoxy groups -OCH3 is 1. The molecule has 0 aromatic heterocycles. The molecule has 37 heavy (non-hydrogen) atoms. The number of carbonyl (C=O) groups is 1. The van der Waals surface area contributed by atoms with Gasteiger partial charge in [-0.25, -0.2) is 0 Å². The molecule has 0 saturated heterocycles. The lowest BCUT2D eigenvalue weighted by atomic mass is 9.78. The van der Waals surface area contributed by atoms with Crippen LogP contribution in [0.2, 0.25) is 0 Å². The Kier molecular flexibility index (Phi) is 6.23. The Hall–Kier alpha value is -4.31. The van der Waals surface area contributed by atoms with Crippen molar-refractivity contribution in [1.29, 1.82) is 0 Å². The average molecular weight is 487 g/mol. The summed E-state index contributed by atoms with van der Waals surface area (Å²) in [6, 6.07) is 37.2. The first-order valence-corrected chi connectivity index (χ1v) is 12.8. The predicted octanol–water partition coefficient (Wildman–Crippen LogP) is 7.27. The highest BCUT2D eigenvalue weighted by atomic mass is 16.5. The van der Waals surface area contributed by atoms with Crippen LogP contribution in [0.3, 0.4) is 0 Å². The summed E-state index contributed by atoms with van der Waals surface area (Å²) in [6.45, 7) is 0.683. The zero-order valence-corrected chi connectivity index (χ0v) is 20.9. The number of nitrogens with zero attached hydrogens (tertiary/aromatic N) is 1. The molecule has 4 aromatic rings. The predicted molar refractivity (Wildman–Crippen MR) is 149 cm³/mol. The average Bonchev–Trinajstić information content (AvgIpc) is 3.09. The zero-order valence-electron chi connectivity index (χ0n) is 20.9. The largest absolute Gasteiger partial charge is 0.497 e. The van der Waals surface area contributed by atoms with E-state index in [1.165, 1.54) is 11.1 Å². The molecule has 0 unspecified atom stereocenters. The molecular formula is C33H30N2O2. The molecule has 0 spiro atoms. The van der Waals surface area contributed by atoms with Crippen molar-refractivity contribution in [3.8, 4) is 5.75 Å². The zero-order chi connectivity index (χ0) is 25.2. The molecular weight excluding hydrogens is 456 g/mol. The molecule has 0 amide bonds. The summed E-state index contributed by atoms with van der Waals surface area (Å²) < 4.78 is 5.45. The Bertz CT molecular complexity index is 1430. The van der Waals surface area contributed by atoms with Gasteiger partial charge in [-0.15, -0.1) is 0 Å². The molecule has 1 N–H and O–H groups in total. The number of rotatable bonds is 5. The van der Waals surface area contributed by atoms with E-state index in [0.717, 1.165) is 40.4 Å². The number of hydrogen-bond donors (Lipinski definition) is 1. The Balaban J connectivity index is 1.52. The van der Waals surface area contributed by atoms with Crippen molar-refractivity contribution in [3.05, 3.63) is 137 Å². The Morgan fingerprint density at radius 3 is 2.19 bits per heavy atom. The van der Waals surface area contributed by atoms with E-state index in [1.807, 2.05) is 24.3 Å². The molecule has 1 heterocycles. The molecule has 1 aliphatic heterocycles. The number of benzene rings is 4. The topological polar surface area (TPSA) is 41.6 Å². The second-order valence-corrected chi connectivity index (χ2v) is 9.76. The number of carbonyl (C=O) groups excluding carboxylic acids is 1. The maximum absolute atomic E-state index is 14.1. The lowest BCUT2D eigenvalue weighted by Crippen LogP contribution is -2.34. The number of fused-ring (bicyclic) bond motifs is 1. The molecule has 0 saturated carbocycles. The van der Waals surface area contributed by atoms with Gasteiger partial charge in [-0.1, -0.05) is 84.9 Å². The SMILES string of the molecule is COc1ccc([C@@H]2C3=C(C[C@@H](c4ccccc4)CC3=O)Nc3ccccc3N2Cc2ccccc2)cc1. The molecule has 184 valence electrons. The normalized spacial score (nSPS) is 18.9. The van der Waals surface area contributed by atoms with Crippen molar-refractivity contribution in [2.45, 2.75) is 31.3 Å². The fraction of sp³-hybridized carbons (Fsp3) is 0.182. The summed E-state index contributed by atoms with van der Waals surface area (Å²) in [4.78, 5) is 16.4. The smallest absolute Gasteiger partial charge is 0.163 e. The van der Waals surface area contributed by atoms with Gasteiger partial charge in [0, 0.05) is 24.2 Å². The second-order valence-electron chi connectivity index (χ2n) is 9.76. The summed E-state index contributed by atoms with van der Waals surface area (Å²) in [5.41, 5.74) is 7.50. The number of anilines is 2. The fourth-order valence-electron chi connectivity index (χ4n) is 5.70. The lowest BCUT2D eigenvalue weighted by molar-refractivity contribution is -0.116. The second kappa shape index (κ2) is 9.98. The summed E-state index contributed by atoms with van der Waals surface area (Å²) >= 11 is 0. The van der Waals surface area contributed by atoms with Gasteiger partial charge in [0.1, 0.15) is 5.75 Å². The Morgan fingerprint density at radius 1 is 0.784 bits per heavy atom. The van der Waals surface area contributed by atoms with Crippen LogP contribution in [0.25, 0.3) is 0 Å². The van der Waals surface area contributed by atoms with Crippen LogP contribution in [0.15, 0.2) is 120 Å². The van der Waals surface area contributed by atoms with Gasteiger partial charge in [0.25, 0.3) is 0 Å². The van der Waals surface area contributed by atoms with Crippen molar-refractivity contribution in [2.24, 2.45) is 0 Å². The highest BCUT2D eigenvalue weighted by Crippen LogP contribution is 2.48. The molecule has 1 aliphatic carbocycles. The third-order valence-electron chi connectivity index (χ3n) is 7.49. The fourth-order valence-corrected chi connectivity index (χ4v) is 5.70. The third-order valence-corrected chi connectivity index (χ3v) is 7.49. The maximum atomic E-state index is 14.1. The van der Waals surface area contributed by atoms with Crippen molar-refractivity contribution >= 4 is 17.2 Å². The van der Waals surface area contributed by atoms with Crippen molar-refractivity contribution < 1.29 is 9.53 Å². The summed E-state index contributed by atoms with van der Waals surface area (Å²) in [5.74, 6) is 1.16. The molecule has 4 heteroatoms. The van der Waals surface area contributed by atoms with Crippen LogP contribution < -0.4 is 15.0 Å². The van der Waals surface area contributed by atoms with Crippen molar-refractivity contribution in [2.75, 3.05) is 17.3 Å². The van der Waals surface area contributed by atoms with E-state index in [-0.39, 0.29) is 17.7 Å². The van der Waals surface area contributed by atoms with Crippen LogP contribution in [0.5, 0.6) is 5.75 Å². The van der Waals surface area contributed by atoms with Gasteiger partial charge < -0.3 is 15.0 Å². The molecule has 6 rings (SSSR count).